The van der Waals surface area contributed by atoms with Crippen LogP contribution >= 0.6 is 23.4 Å². The zero-order chi connectivity index (χ0) is 16.7. The normalized spacial score (nSPS) is 11.8. The summed E-state index contributed by atoms with van der Waals surface area (Å²) in [6, 6.07) is 15.3. The molecule has 1 N–H and O–H groups in total. The van der Waals surface area contributed by atoms with Gasteiger partial charge in [-0.3, -0.25) is 4.79 Å². The molecule has 0 heterocycles. The van der Waals surface area contributed by atoms with Crippen LogP contribution in [0.2, 0.25) is 5.02 Å². The maximum Gasteiger partial charge on any atom is 0.237 e. The van der Waals surface area contributed by atoms with Crippen molar-refractivity contribution in [3.63, 3.8) is 0 Å². The molecule has 1 amide bonds. The number of methoxy groups -OCH3 is 1. The van der Waals surface area contributed by atoms with Gasteiger partial charge in [0.2, 0.25) is 5.91 Å². The lowest BCUT2D eigenvalue weighted by molar-refractivity contribution is -0.115. The predicted molar refractivity (Wildman–Crippen MR) is 98.4 cm³/mol. The zero-order valence-corrected chi connectivity index (χ0v) is 14.8. The third-order valence-corrected chi connectivity index (χ3v) is 5.06. The predicted octanol–water partition coefficient (Wildman–Crippen LogP) is 5.00. The maximum atomic E-state index is 12.5. The summed E-state index contributed by atoms with van der Waals surface area (Å²) >= 11 is 7.63. The summed E-state index contributed by atoms with van der Waals surface area (Å²) < 4.78 is 5.26. The van der Waals surface area contributed by atoms with E-state index in [0.29, 0.717) is 16.5 Å². The van der Waals surface area contributed by atoms with E-state index in [-0.39, 0.29) is 11.2 Å². The first kappa shape index (κ1) is 17.7. The molecule has 3 nitrogen and oxygen atoms in total. The van der Waals surface area contributed by atoms with Crippen molar-refractivity contribution in [2.24, 2.45) is 0 Å². The summed E-state index contributed by atoms with van der Waals surface area (Å²) in [5.74, 6) is 1.37. The number of nitrogens with one attached hydrogen (secondary N) is 1. The summed E-state index contributed by atoms with van der Waals surface area (Å²) in [5, 5.41) is 3.36. The number of amides is 1. The Balaban J connectivity index is 2.01. The zero-order valence-electron chi connectivity index (χ0n) is 13.2. The molecule has 0 aliphatic rings. The third kappa shape index (κ3) is 5.19. The van der Waals surface area contributed by atoms with Gasteiger partial charge in [-0.25, -0.2) is 0 Å². The minimum Gasteiger partial charge on any atom is -0.495 e. The van der Waals surface area contributed by atoms with E-state index in [4.69, 9.17) is 16.3 Å². The molecule has 0 fully saturated rings. The van der Waals surface area contributed by atoms with Gasteiger partial charge in [-0.2, -0.15) is 0 Å². The Kier molecular flexibility index (Phi) is 6.81. The summed E-state index contributed by atoms with van der Waals surface area (Å²) in [5.41, 5.74) is 1.81. The number of benzene rings is 2. The monoisotopic (exact) mass is 349 g/mol. The second-order valence-corrected chi connectivity index (χ2v) is 6.65. The van der Waals surface area contributed by atoms with Gasteiger partial charge in [0, 0.05) is 10.8 Å². The average molecular weight is 350 g/mol. The quantitative estimate of drug-likeness (QED) is 0.764. The van der Waals surface area contributed by atoms with Crippen LogP contribution in [0.1, 0.15) is 18.9 Å². The smallest absolute Gasteiger partial charge is 0.237 e. The van der Waals surface area contributed by atoms with Gasteiger partial charge in [-0.15, -0.1) is 11.8 Å². The molecule has 0 aliphatic carbocycles. The summed E-state index contributed by atoms with van der Waals surface area (Å²) in [4.78, 5) is 12.5. The fourth-order valence-corrected chi connectivity index (χ4v) is 3.35. The van der Waals surface area contributed by atoms with Crippen LogP contribution in [-0.4, -0.2) is 18.3 Å². The fourth-order valence-electron chi connectivity index (χ4n) is 2.14. The molecule has 0 aromatic heterocycles. The first-order valence-corrected chi connectivity index (χ1v) is 8.86. The van der Waals surface area contributed by atoms with Gasteiger partial charge in [0.25, 0.3) is 0 Å². The molecule has 2 aromatic carbocycles. The highest BCUT2D eigenvalue weighted by molar-refractivity contribution is 7.99. The van der Waals surface area contributed by atoms with Crippen molar-refractivity contribution < 1.29 is 9.53 Å². The van der Waals surface area contributed by atoms with Gasteiger partial charge in [0.1, 0.15) is 5.75 Å². The summed E-state index contributed by atoms with van der Waals surface area (Å²) in [6.45, 7) is 2.01. The first-order valence-electron chi connectivity index (χ1n) is 7.44. The highest BCUT2D eigenvalue weighted by Gasteiger charge is 2.18. The third-order valence-electron chi connectivity index (χ3n) is 3.38. The van der Waals surface area contributed by atoms with E-state index in [1.807, 2.05) is 25.1 Å². The number of carbonyl (C=O) groups is 1. The van der Waals surface area contributed by atoms with E-state index in [1.54, 1.807) is 37.1 Å². The molecule has 0 spiro atoms. The fraction of sp³-hybridized carbons (Fsp3) is 0.278. The molecule has 1 unspecified atom stereocenters. The Labute approximate surface area is 146 Å². The number of carbonyl (C=O) groups excluding carboxylic acids is 1. The van der Waals surface area contributed by atoms with E-state index in [1.165, 1.54) is 5.56 Å². The van der Waals surface area contributed by atoms with Crippen molar-refractivity contribution in [1.82, 2.24) is 0 Å². The molecule has 0 aliphatic heterocycles. The van der Waals surface area contributed by atoms with Crippen molar-refractivity contribution in [1.29, 1.82) is 0 Å². The highest BCUT2D eigenvalue weighted by atomic mass is 35.5. The van der Waals surface area contributed by atoms with Crippen molar-refractivity contribution >= 4 is 35.0 Å². The summed E-state index contributed by atoms with van der Waals surface area (Å²) in [6.07, 6.45) is 0.756. The van der Waals surface area contributed by atoms with Gasteiger partial charge in [-0.05, 0) is 30.2 Å². The van der Waals surface area contributed by atoms with Crippen LogP contribution in [0.5, 0.6) is 5.75 Å². The van der Waals surface area contributed by atoms with Crippen LogP contribution in [0, 0.1) is 0 Å². The Hall–Kier alpha value is -1.65. The van der Waals surface area contributed by atoms with Crippen LogP contribution in [0.25, 0.3) is 0 Å². The molecule has 122 valence electrons. The highest BCUT2D eigenvalue weighted by Crippen LogP contribution is 2.29. The van der Waals surface area contributed by atoms with Gasteiger partial charge in [-0.1, -0.05) is 48.9 Å². The topological polar surface area (TPSA) is 38.3 Å². The maximum absolute atomic E-state index is 12.5. The number of hydrogen-bond donors (Lipinski definition) is 1. The first-order chi connectivity index (χ1) is 11.1. The molecule has 2 rings (SSSR count). The van der Waals surface area contributed by atoms with E-state index in [2.05, 4.69) is 17.4 Å². The molecule has 0 bridgehead atoms. The number of halogens is 1. The number of ether oxygens (including phenoxy) is 1. The Morgan fingerprint density at radius 2 is 2.00 bits per heavy atom. The molecule has 0 radical (unpaired) electrons. The Morgan fingerprint density at radius 3 is 2.65 bits per heavy atom. The Bertz CT molecular complexity index is 649. The van der Waals surface area contributed by atoms with Crippen LogP contribution in [0.3, 0.4) is 0 Å². The molecule has 0 saturated heterocycles. The number of rotatable bonds is 7. The Morgan fingerprint density at radius 1 is 1.26 bits per heavy atom. The minimum absolute atomic E-state index is 0.0333. The van der Waals surface area contributed by atoms with Gasteiger partial charge in [0.15, 0.2) is 0 Å². The molecule has 23 heavy (non-hydrogen) atoms. The number of anilines is 1. The standard InChI is InChI=1S/C18H20ClNO2S/c1-3-17(23-12-13-7-5-4-6-8-13)18(21)20-15-11-14(19)9-10-16(15)22-2/h4-11,17H,3,12H2,1-2H3,(H,20,21). The van der Waals surface area contributed by atoms with Crippen molar-refractivity contribution in [2.75, 3.05) is 12.4 Å². The second kappa shape index (κ2) is 8.85. The van der Waals surface area contributed by atoms with Crippen LogP contribution < -0.4 is 10.1 Å². The summed E-state index contributed by atoms with van der Waals surface area (Å²) in [7, 11) is 1.57. The van der Waals surface area contributed by atoms with Crippen LogP contribution in [-0.2, 0) is 10.5 Å². The van der Waals surface area contributed by atoms with Gasteiger partial charge >= 0.3 is 0 Å². The van der Waals surface area contributed by atoms with Crippen molar-refractivity contribution in [2.45, 2.75) is 24.3 Å². The molecule has 1 atom stereocenters. The van der Waals surface area contributed by atoms with Crippen molar-refractivity contribution in [3.05, 3.63) is 59.1 Å². The van der Waals surface area contributed by atoms with E-state index >= 15 is 0 Å². The number of hydrogen-bond acceptors (Lipinski definition) is 3. The molecular formula is C18H20ClNO2S. The number of thioether (sulfide) groups is 1. The van der Waals surface area contributed by atoms with Gasteiger partial charge in [0.05, 0.1) is 18.0 Å². The van der Waals surface area contributed by atoms with Crippen LogP contribution in [0.4, 0.5) is 5.69 Å². The lowest BCUT2D eigenvalue weighted by Gasteiger charge is -2.16. The van der Waals surface area contributed by atoms with Crippen molar-refractivity contribution in [3.8, 4) is 5.75 Å². The molecule has 5 heteroatoms. The molecule has 0 saturated carbocycles. The molecular weight excluding hydrogens is 330 g/mol. The van der Waals surface area contributed by atoms with E-state index in [9.17, 15) is 4.79 Å². The van der Waals surface area contributed by atoms with E-state index in [0.717, 1.165) is 12.2 Å². The average Bonchev–Trinajstić information content (AvgIpc) is 2.56. The van der Waals surface area contributed by atoms with Gasteiger partial charge < -0.3 is 10.1 Å². The SMILES string of the molecule is CCC(SCc1ccccc1)C(=O)Nc1cc(Cl)ccc1OC. The van der Waals surface area contributed by atoms with Crippen LogP contribution in [0.15, 0.2) is 48.5 Å². The lowest BCUT2D eigenvalue weighted by Crippen LogP contribution is -2.25. The largest absolute Gasteiger partial charge is 0.495 e. The lowest BCUT2D eigenvalue weighted by atomic mass is 10.2. The molecule has 2 aromatic rings. The van der Waals surface area contributed by atoms with E-state index < -0.39 is 0 Å². The minimum atomic E-state index is -0.126. The second-order valence-electron chi connectivity index (χ2n) is 5.03.